The van der Waals surface area contributed by atoms with Gasteiger partial charge in [0.2, 0.25) is 0 Å². The monoisotopic (exact) mass is 305 g/mol. The van der Waals surface area contributed by atoms with E-state index in [1.54, 1.807) is 0 Å². The van der Waals surface area contributed by atoms with Crippen LogP contribution in [0.3, 0.4) is 0 Å². The first-order chi connectivity index (χ1) is 9.81. The van der Waals surface area contributed by atoms with Gasteiger partial charge in [0.15, 0.2) is 0 Å². The molecule has 0 heterocycles. The molecule has 0 amide bonds. The molecule has 3 nitrogen and oxygen atoms in total. The van der Waals surface area contributed by atoms with Crippen LogP contribution in [0.1, 0.15) is 6.42 Å². The number of thiol groups is 1. The summed E-state index contributed by atoms with van der Waals surface area (Å²) in [6.07, 6.45) is 1.13. The fourth-order valence-electron chi connectivity index (χ4n) is 1.93. The number of carbonyl (C=O) groups excluding carboxylic acids is 1. The third-order valence-electron chi connectivity index (χ3n) is 2.83. The van der Waals surface area contributed by atoms with Gasteiger partial charge < -0.3 is 4.84 Å². The molecular weight excluding hydrogens is 289 g/mol. The SMILES string of the molecule is O=C(CCP(c1ccccc1)c1ccccc1)ONS. The zero-order valence-electron chi connectivity index (χ0n) is 10.9. The summed E-state index contributed by atoms with van der Waals surface area (Å²) in [5, 5.41) is 2.53. The Labute approximate surface area is 125 Å². The highest BCUT2D eigenvalue weighted by atomic mass is 32.1. The molecule has 0 spiro atoms. The molecule has 0 aliphatic heterocycles. The maximum atomic E-state index is 11.5. The van der Waals surface area contributed by atoms with Gasteiger partial charge in [-0.1, -0.05) is 78.4 Å². The van der Waals surface area contributed by atoms with Gasteiger partial charge in [0.1, 0.15) is 0 Å². The highest BCUT2D eigenvalue weighted by Crippen LogP contribution is 2.34. The summed E-state index contributed by atoms with van der Waals surface area (Å²) < 4.78 is 0. The summed E-state index contributed by atoms with van der Waals surface area (Å²) >= 11 is 3.66. The number of benzene rings is 2. The van der Waals surface area contributed by atoms with Crippen LogP contribution in [0.25, 0.3) is 0 Å². The summed E-state index contributed by atoms with van der Waals surface area (Å²) in [5.74, 6) is -0.292. The first kappa shape index (κ1) is 15.0. The van der Waals surface area contributed by atoms with Gasteiger partial charge >= 0.3 is 5.97 Å². The molecule has 5 heteroatoms. The van der Waals surface area contributed by atoms with E-state index >= 15 is 0 Å². The maximum absolute atomic E-state index is 11.5. The van der Waals surface area contributed by atoms with Crippen molar-refractivity contribution in [3.8, 4) is 0 Å². The molecule has 0 atom stereocenters. The summed E-state index contributed by atoms with van der Waals surface area (Å²) in [6.45, 7) is 0. The Morgan fingerprint density at radius 2 is 1.50 bits per heavy atom. The van der Waals surface area contributed by atoms with E-state index in [4.69, 9.17) is 0 Å². The van der Waals surface area contributed by atoms with E-state index in [-0.39, 0.29) is 5.97 Å². The molecule has 0 radical (unpaired) electrons. The van der Waals surface area contributed by atoms with E-state index in [1.807, 2.05) is 36.4 Å². The second-order valence-electron chi connectivity index (χ2n) is 4.14. The smallest absolute Gasteiger partial charge is 0.326 e. The molecule has 0 aliphatic rings. The second-order valence-corrected chi connectivity index (χ2v) is 6.66. The average molecular weight is 305 g/mol. The Hall–Kier alpha value is -1.35. The lowest BCUT2D eigenvalue weighted by Gasteiger charge is -2.18. The maximum Gasteiger partial charge on any atom is 0.326 e. The number of carbonyl (C=O) groups is 1. The van der Waals surface area contributed by atoms with E-state index in [2.05, 4.69) is 46.8 Å². The minimum absolute atomic E-state index is 0.292. The van der Waals surface area contributed by atoms with Gasteiger partial charge in [-0.2, -0.15) is 0 Å². The normalized spacial score (nSPS) is 10.5. The molecule has 0 bridgehead atoms. The molecule has 20 heavy (non-hydrogen) atoms. The Balaban J connectivity index is 2.15. The molecule has 2 rings (SSSR count). The molecule has 104 valence electrons. The highest BCUT2D eigenvalue weighted by Gasteiger charge is 2.15. The molecular formula is C15H16NO2PS. The van der Waals surface area contributed by atoms with Crippen LogP contribution in [0.5, 0.6) is 0 Å². The van der Waals surface area contributed by atoms with Crippen LogP contribution >= 0.6 is 20.7 Å². The number of nitrogens with one attached hydrogen (secondary N) is 1. The van der Waals surface area contributed by atoms with Gasteiger partial charge in [0.25, 0.3) is 0 Å². The number of hydrogen-bond donors (Lipinski definition) is 2. The second kappa shape index (κ2) is 8.05. The lowest BCUT2D eigenvalue weighted by molar-refractivity contribution is -0.146. The average Bonchev–Trinajstić information content (AvgIpc) is 2.50. The van der Waals surface area contributed by atoms with Crippen LogP contribution in [0.4, 0.5) is 0 Å². The van der Waals surface area contributed by atoms with Crippen molar-refractivity contribution in [3.63, 3.8) is 0 Å². The molecule has 0 saturated heterocycles. The molecule has 1 N–H and O–H groups in total. The van der Waals surface area contributed by atoms with Crippen molar-refractivity contribution >= 4 is 37.3 Å². The van der Waals surface area contributed by atoms with E-state index in [0.29, 0.717) is 6.42 Å². The van der Waals surface area contributed by atoms with E-state index in [9.17, 15) is 4.79 Å². The van der Waals surface area contributed by atoms with Crippen molar-refractivity contribution in [3.05, 3.63) is 60.7 Å². The summed E-state index contributed by atoms with van der Waals surface area (Å²) in [5.41, 5.74) is 0. The number of hydrogen-bond acceptors (Lipinski definition) is 4. The lowest BCUT2D eigenvalue weighted by Crippen LogP contribution is -2.18. The molecule has 0 saturated carbocycles. The Kier molecular flexibility index (Phi) is 6.06. The van der Waals surface area contributed by atoms with Gasteiger partial charge in [0, 0.05) is 0 Å². The minimum Gasteiger partial charge on any atom is -0.360 e. The molecule has 0 aromatic heterocycles. The van der Waals surface area contributed by atoms with Crippen molar-refractivity contribution in [2.45, 2.75) is 6.42 Å². The van der Waals surface area contributed by atoms with Crippen molar-refractivity contribution in [2.75, 3.05) is 6.16 Å². The molecule has 0 unspecified atom stereocenters. The topological polar surface area (TPSA) is 38.3 Å². The van der Waals surface area contributed by atoms with Crippen LogP contribution in [0.2, 0.25) is 0 Å². The fraction of sp³-hybridized carbons (Fsp3) is 0.133. The van der Waals surface area contributed by atoms with E-state index < -0.39 is 7.92 Å². The van der Waals surface area contributed by atoms with Crippen LogP contribution in [-0.4, -0.2) is 12.1 Å². The predicted octanol–water partition coefficient (Wildman–Crippen LogP) is 2.40. The van der Waals surface area contributed by atoms with Crippen molar-refractivity contribution in [2.24, 2.45) is 0 Å². The first-order valence-electron chi connectivity index (χ1n) is 6.27. The van der Waals surface area contributed by atoms with Crippen LogP contribution in [-0.2, 0) is 9.63 Å². The quantitative estimate of drug-likeness (QED) is 0.489. The standard InChI is InChI=1S/C15H16NO2PS/c17-15(18-16-20)11-12-19(13-7-3-1-4-8-13)14-9-5-2-6-10-14/h1-10,16,20H,11-12H2. The van der Waals surface area contributed by atoms with Crippen molar-refractivity contribution < 1.29 is 9.63 Å². The Morgan fingerprint density at radius 3 is 1.95 bits per heavy atom. The Bertz CT molecular complexity index is 497. The van der Waals surface area contributed by atoms with Gasteiger partial charge in [-0.3, -0.25) is 4.79 Å². The lowest BCUT2D eigenvalue weighted by atomic mass is 10.4. The van der Waals surface area contributed by atoms with Crippen LogP contribution in [0, 0.1) is 0 Å². The summed E-state index contributed by atoms with van der Waals surface area (Å²) in [7, 11) is -0.548. The summed E-state index contributed by atoms with van der Waals surface area (Å²) in [4.78, 5) is 18.3. The fourth-order valence-corrected chi connectivity index (χ4v) is 4.31. The molecule has 0 aliphatic carbocycles. The van der Waals surface area contributed by atoms with Gasteiger partial charge in [-0.05, 0) is 24.7 Å². The van der Waals surface area contributed by atoms with Crippen LogP contribution in [0.15, 0.2) is 60.7 Å². The van der Waals surface area contributed by atoms with E-state index in [0.717, 1.165) is 6.16 Å². The van der Waals surface area contributed by atoms with Crippen LogP contribution < -0.4 is 15.5 Å². The van der Waals surface area contributed by atoms with Gasteiger partial charge in [-0.15, -0.1) is 0 Å². The molecule has 2 aromatic carbocycles. The number of rotatable bonds is 6. The highest BCUT2D eigenvalue weighted by molar-refractivity contribution is 7.77. The van der Waals surface area contributed by atoms with E-state index in [1.165, 1.54) is 10.6 Å². The minimum atomic E-state index is -0.548. The summed E-state index contributed by atoms with van der Waals surface area (Å²) in [6, 6.07) is 20.6. The molecule has 2 aromatic rings. The van der Waals surface area contributed by atoms with Gasteiger partial charge in [-0.25, -0.2) is 0 Å². The largest absolute Gasteiger partial charge is 0.360 e. The zero-order chi connectivity index (χ0) is 14.2. The third kappa shape index (κ3) is 4.34. The predicted molar refractivity (Wildman–Crippen MR) is 86.8 cm³/mol. The van der Waals surface area contributed by atoms with Crippen molar-refractivity contribution in [1.29, 1.82) is 0 Å². The van der Waals surface area contributed by atoms with Gasteiger partial charge in [0.05, 0.1) is 6.42 Å². The molecule has 0 fully saturated rings. The third-order valence-corrected chi connectivity index (χ3v) is 5.44. The van der Waals surface area contributed by atoms with Crippen molar-refractivity contribution in [1.82, 2.24) is 4.89 Å². The zero-order valence-corrected chi connectivity index (χ0v) is 12.7. The first-order valence-corrected chi connectivity index (χ1v) is 8.25. The Morgan fingerprint density at radius 1 is 1.00 bits per heavy atom.